The van der Waals surface area contributed by atoms with E-state index in [1.54, 1.807) is 7.11 Å². The van der Waals surface area contributed by atoms with Gasteiger partial charge in [-0.1, -0.05) is 24.3 Å². The van der Waals surface area contributed by atoms with Crippen molar-refractivity contribution in [2.75, 3.05) is 38.2 Å². The molecule has 0 unspecified atom stereocenters. The number of hydrogen-bond donors (Lipinski definition) is 0. The minimum Gasteiger partial charge on any atom is -0.497 e. The maximum atomic E-state index is 13.1. The molecule has 0 radical (unpaired) electrons. The average Bonchev–Trinajstić information content (AvgIpc) is 3.23. The number of methoxy groups -OCH3 is 1. The van der Waals surface area contributed by atoms with Gasteiger partial charge < -0.3 is 19.0 Å². The van der Waals surface area contributed by atoms with Gasteiger partial charge in [-0.15, -0.1) is 0 Å². The van der Waals surface area contributed by atoms with Crippen LogP contribution in [0.2, 0.25) is 0 Å². The van der Waals surface area contributed by atoms with E-state index in [0.29, 0.717) is 24.5 Å². The molecule has 2 aromatic carbocycles. The zero-order valence-electron chi connectivity index (χ0n) is 16.1. The normalized spacial score (nSPS) is 14.2. The van der Waals surface area contributed by atoms with Gasteiger partial charge in [-0.25, -0.2) is 4.98 Å². The van der Waals surface area contributed by atoms with Crippen LogP contribution in [0, 0.1) is 6.92 Å². The minimum absolute atomic E-state index is 0.0821. The summed E-state index contributed by atoms with van der Waals surface area (Å²) >= 11 is 0. The van der Waals surface area contributed by atoms with Gasteiger partial charge in [0.1, 0.15) is 5.75 Å². The van der Waals surface area contributed by atoms with Crippen LogP contribution in [0.5, 0.6) is 5.75 Å². The topological polar surface area (TPSA) is 58.8 Å². The molecule has 3 aromatic rings. The molecule has 1 fully saturated rings. The number of benzene rings is 2. The molecule has 4 rings (SSSR count). The number of hydrogen-bond acceptors (Lipinski definition) is 5. The lowest BCUT2D eigenvalue weighted by Gasteiger charge is -2.36. The van der Waals surface area contributed by atoms with Gasteiger partial charge in [0.15, 0.2) is 17.8 Å². The van der Waals surface area contributed by atoms with Gasteiger partial charge in [-0.3, -0.25) is 4.79 Å². The summed E-state index contributed by atoms with van der Waals surface area (Å²) in [5.74, 6) is 1.30. The van der Waals surface area contributed by atoms with E-state index in [9.17, 15) is 4.79 Å². The second-order valence-electron chi connectivity index (χ2n) is 6.82. The number of carbonyl (C=O) groups excluding carboxylic acids is 1. The molecule has 6 nitrogen and oxygen atoms in total. The van der Waals surface area contributed by atoms with Crippen LogP contribution in [-0.2, 0) is 0 Å². The molecule has 0 atom stereocenters. The molecule has 144 valence electrons. The monoisotopic (exact) mass is 377 g/mol. The molecular formula is C22H23N3O3. The number of carbonyl (C=O) groups is 1. The van der Waals surface area contributed by atoms with Gasteiger partial charge in [0, 0.05) is 37.4 Å². The average molecular weight is 377 g/mol. The smallest absolute Gasteiger partial charge is 0.276 e. The summed E-state index contributed by atoms with van der Waals surface area (Å²) in [5.41, 5.74) is 3.47. The third-order valence-corrected chi connectivity index (χ3v) is 5.16. The lowest BCUT2D eigenvalue weighted by atomic mass is 10.0. The van der Waals surface area contributed by atoms with E-state index in [1.165, 1.54) is 6.39 Å². The highest BCUT2D eigenvalue weighted by atomic mass is 16.5. The summed E-state index contributed by atoms with van der Waals surface area (Å²) in [7, 11) is 1.66. The fraction of sp³-hybridized carbons (Fsp3) is 0.273. The van der Waals surface area contributed by atoms with E-state index in [1.807, 2.05) is 60.4 Å². The Morgan fingerprint density at radius 3 is 2.43 bits per heavy atom. The van der Waals surface area contributed by atoms with Crippen molar-refractivity contribution in [1.82, 2.24) is 9.88 Å². The Morgan fingerprint density at radius 2 is 1.75 bits per heavy atom. The van der Waals surface area contributed by atoms with Crippen molar-refractivity contribution in [2.45, 2.75) is 6.92 Å². The molecular weight excluding hydrogens is 354 g/mol. The van der Waals surface area contributed by atoms with Crippen molar-refractivity contribution in [3.63, 3.8) is 0 Å². The first-order chi connectivity index (χ1) is 13.7. The Labute approximate surface area is 164 Å². The van der Waals surface area contributed by atoms with Crippen LogP contribution in [0.1, 0.15) is 16.1 Å². The Kier molecular flexibility index (Phi) is 5.02. The predicted octanol–water partition coefficient (Wildman–Crippen LogP) is 3.62. The molecule has 1 aliphatic rings. The molecule has 0 N–H and O–H groups in total. The number of aryl methyl sites for hydroxylation is 1. The fourth-order valence-corrected chi connectivity index (χ4v) is 3.53. The minimum atomic E-state index is -0.0821. The maximum absolute atomic E-state index is 13.1. The second-order valence-corrected chi connectivity index (χ2v) is 6.82. The predicted molar refractivity (Wildman–Crippen MR) is 108 cm³/mol. The van der Waals surface area contributed by atoms with Crippen LogP contribution >= 0.6 is 0 Å². The SMILES string of the molecule is COc1ccc(N2CCN(C(=O)c3ncoc3-c3ccccc3C)CC2)cc1. The van der Waals surface area contributed by atoms with Crippen molar-refractivity contribution in [3.05, 3.63) is 66.2 Å². The number of anilines is 1. The molecule has 28 heavy (non-hydrogen) atoms. The lowest BCUT2D eigenvalue weighted by Crippen LogP contribution is -2.49. The Hall–Kier alpha value is -3.28. The molecule has 2 heterocycles. The van der Waals surface area contributed by atoms with Crippen LogP contribution in [0.3, 0.4) is 0 Å². The third-order valence-electron chi connectivity index (χ3n) is 5.16. The van der Waals surface area contributed by atoms with Crippen LogP contribution in [0.25, 0.3) is 11.3 Å². The molecule has 0 saturated carbocycles. The summed E-state index contributed by atoms with van der Waals surface area (Å²) < 4.78 is 10.8. The number of piperazine rings is 1. The molecule has 1 aromatic heterocycles. The zero-order chi connectivity index (χ0) is 19.5. The zero-order valence-corrected chi connectivity index (χ0v) is 16.1. The summed E-state index contributed by atoms with van der Waals surface area (Å²) in [6, 6.07) is 15.9. The first-order valence-corrected chi connectivity index (χ1v) is 9.35. The van der Waals surface area contributed by atoms with Crippen molar-refractivity contribution < 1.29 is 13.9 Å². The van der Waals surface area contributed by atoms with E-state index < -0.39 is 0 Å². The Morgan fingerprint density at radius 1 is 1.04 bits per heavy atom. The van der Waals surface area contributed by atoms with Crippen molar-refractivity contribution >= 4 is 11.6 Å². The molecule has 1 saturated heterocycles. The van der Waals surface area contributed by atoms with Crippen molar-refractivity contribution in [3.8, 4) is 17.1 Å². The number of rotatable bonds is 4. The van der Waals surface area contributed by atoms with Crippen LogP contribution in [0.15, 0.2) is 59.3 Å². The summed E-state index contributed by atoms with van der Waals surface area (Å²) in [6.07, 6.45) is 1.35. The van der Waals surface area contributed by atoms with E-state index in [-0.39, 0.29) is 5.91 Å². The summed E-state index contributed by atoms with van der Waals surface area (Å²) in [6.45, 7) is 4.83. The van der Waals surface area contributed by atoms with Crippen molar-refractivity contribution in [1.29, 1.82) is 0 Å². The number of ether oxygens (including phenoxy) is 1. The molecule has 0 bridgehead atoms. The molecule has 0 spiro atoms. The fourth-order valence-electron chi connectivity index (χ4n) is 3.53. The van der Waals surface area contributed by atoms with E-state index in [0.717, 1.165) is 35.7 Å². The van der Waals surface area contributed by atoms with E-state index >= 15 is 0 Å². The van der Waals surface area contributed by atoms with E-state index in [2.05, 4.69) is 9.88 Å². The quantitative estimate of drug-likeness (QED) is 0.695. The highest BCUT2D eigenvalue weighted by Crippen LogP contribution is 2.28. The largest absolute Gasteiger partial charge is 0.497 e. The number of aromatic nitrogens is 1. The van der Waals surface area contributed by atoms with Crippen LogP contribution < -0.4 is 9.64 Å². The highest BCUT2D eigenvalue weighted by Gasteiger charge is 2.27. The van der Waals surface area contributed by atoms with Gasteiger partial charge in [-0.2, -0.15) is 0 Å². The third kappa shape index (κ3) is 3.45. The van der Waals surface area contributed by atoms with Crippen LogP contribution in [0.4, 0.5) is 5.69 Å². The second kappa shape index (κ2) is 7.76. The van der Waals surface area contributed by atoms with Gasteiger partial charge in [0.25, 0.3) is 5.91 Å². The van der Waals surface area contributed by atoms with Gasteiger partial charge in [0.2, 0.25) is 0 Å². The molecule has 1 aliphatic heterocycles. The van der Waals surface area contributed by atoms with Gasteiger partial charge in [0.05, 0.1) is 7.11 Å². The van der Waals surface area contributed by atoms with Crippen molar-refractivity contribution in [2.24, 2.45) is 0 Å². The van der Waals surface area contributed by atoms with E-state index in [4.69, 9.17) is 9.15 Å². The maximum Gasteiger partial charge on any atom is 0.276 e. The molecule has 0 aliphatic carbocycles. The first-order valence-electron chi connectivity index (χ1n) is 9.35. The number of amides is 1. The first kappa shape index (κ1) is 18.1. The van der Waals surface area contributed by atoms with Gasteiger partial charge in [-0.05, 0) is 36.8 Å². The van der Waals surface area contributed by atoms with Gasteiger partial charge >= 0.3 is 0 Å². The standard InChI is InChI=1S/C22H23N3O3/c1-16-5-3-4-6-19(16)21-20(23-15-28-21)22(26)25-13-11-24(12-14-25)17-7-9-18(27-2)10-8-17/h3-10,15H,11-14H2,1-2H3. The Balaban J connectivity index is 1.46. The lowest BCUT2D eigenvalue weighted by molar-refractivity contribution is 0.0742. The summed E-state index contributed by atoms with van der Waals surface area (Å²) in [4.78, 5) is 21.4. The molecule has 1 amide bonds. The Bertz CT molecular complexity index is 957. The summed E-state index contributed by atoms with van der Waals surface area (Å²) in [5, 5.41) is 0. The van der Waals surface area contributed by atoms with Crippen LogP contribution in [-0.4, -0.2) is 49.1 Å². The highest BCUT2D eigenvalue weighted by molar-refractivity contribution is 5.98. The number of oxazole rings is 1. The molecule has 6 heteroatoms. The number of nitrogens with zero attached hydrogens (tertiary/aromatic N) is 3.